The zero-order chi connectivity index (χ0) is 10.7. The fraction of sp³-hybridized carbons (Fsp3) is 0.727. The van der Waals surface area contributed by atoms with E-state index in [1.54, 1.807) is 0 Å². The van der Waals surface area contributed by atoms with Gasteiger partial charge in [-0.2, -0.15) is 5.10 Å². The molecule has 1 aromatic rings. The molecule has 0 spiro atoms. The molecule has 0 aromatic carbocycles. The highest BCUT2D eigenvalue weighted by atomic mass is 16.5. The van der Waals surface area contributed by atoms with E-state index < -0.39 is 0 Å². The lowest BCUT2D eigenvalue weighted by Gasteiger charge is -2.23. The average molecular weight is 210 g/mol. The second-order valence-electron chi connectivity index (χ2n) is 4.04. The third-order valence-electron chi connectivity index (χ3n) is 3.01. The van der Waals surface area contributed by atoms with E-state index in [0.717, 1.165) is 31.6 Å². The number of nitrogens with zero attached hydrogens (tertiary/aromatic N) is 2. The summed E-state index contributed by atoms with van der Waals surface area (Å²) in [6, 6.07) is 0.381. The van der Waals surface area contributed by atoms with Crippen LogP contribution in [-0.2, 0) is 11.2 Å². The highest BCUT2D eigenvalue weighted by molar-refractivity contribution is 5.17. The Balaban J connectivity index is 2.13. The van der Waals surface area contributed by atoms with Crippen molar-refractivity contribution in [1.29, 1.82) is 0 Å². The zero-order valence-corrected chi connectivity index (χ0v) is 9.15. The molecule has 1 saturated heterocycles. The van der Waals surface area contributed by atoms with Crippen LogP contribution in [0.5, 0.6) is 0 Å². The second kappa shape index (κ2) is 4.77. The molecule has 4 nitrogen and oxygen atoms in total. The average Bonchev–Trinajstić information content (AvgIpc) is 2.63. The Bertz CT molecular complexity index is 316. The Morgan fingerprint density at radius 1 is 1.67 bits per heavy atom. The van der Waals surface area contributed by atoms with E-state index in [0.29, 0.717) is 12.5 Å². The molecule has 0 bridgehead atoms. The lowest BCUT2D eigenvalue weighted by Crippen LogP contribution is -2.23. The van der Waals surface area contributed by atoms with E-state index in [-0.39, 0.29) is 6.61 Å². The van der Waals surface area contributed by atoms with Gasteiger partial charge >= 0.3 is 0 Å². The Morgan fingerprint density at radius 3 is 3.20 bits per heavy atom. The van der Waals surface area contributed by atoms with Crippen LogP contribution in [0.25, 0.3) is 0 Å². The van der Waals surface area contributed by atoms with Crippen molar-refractivity contribution in [3.05, 3.63) is 17.5 Å². The molecule has 4 heteroatoms. The van der Waals surface area contributed by atoms with E-state index in [4.69, 9.17) is 9.84 Å². The number of aliphatic hydroxyl groups excluding tert-OH is 1. The summed E-state index contributed by atoms with van der Waals surface area (Å²) in [5.74, 6) is 0. The summed E-state index contributed by atoms with van der Waals surface area (Å²) in [6.07, 6.45) is 4.81. The first-order valence-corrected chi connectivity index (χ1v) is 5.54. The molecule has 1 N–H and O–H groups in total. The molecule has 84 valence electrons. The number of hydrogen-bond acceptors (Lipinski definition) is 3. The summed E-state index contributed by atoms with van der Waals surface area (Å²) >= 11 is 0. The van der Waals surface area contributed by atoms with Crippen molar-refractivity contribution in [3.8, 4) is 0 Å². The Kier molecular flexibility index (Phi) is 3.38. The molecule has 2 rings (SSSR count). The normalized spacial score (nSPS) is 21.9. The van der Waals surface area contributed by atoms with Gasteiger partial charge in [-0.05, 0) is 31.7 Å². The van der Waals surface area contributed by atoms with Crippen LogP contribution in [0.2, 0.25) is 0 Å². The summed E-state index contributed by atoms with van der Waals surface area (Å²) < 4.78 is 7.50. The number of rotatable bonds is 3. The summed E-state index contributed by atoms with van der Waals surface area (Å²) in [4.78, 5) is 0. The molecule has 2 heterocycles. The molecule has 1 aliphatic rings. The monoisotopic (exact) mass is 210 g/mol. The Morgan fingerprint density at radius 2 is 2.53 bits per heavy atom. The van der Waals surface area contributed by atoms with E-state index in [1.807, 2.05) is 10.9 Å². The van der Waals surface area contributed by atoms with Crippen LogP contribution < -0.4 is 0 Å². The standard InChI is InChI=1S/C11H18N2O2/c1-9-10(4-5-14)7-12-13(9)11-3-2-6-15-8-11/h7,11,14H,2-6,8H2,1H3. The highest BCUT2D eigenvalue weighted by Crippen LogP contribution is 2.21. The van der Waals surface area contributed by atoms with Gasteiger partial charge in [0.15, 0.2) is 0 Å². The smallest absolute Gasteiger partial charge is 0.0756 e. The zero-order valence-electron chi connectivity index (χ0n) is 9.15. The molecule has 1 fully saturated rings. The van der Waals surface area contributed by atoms with E-state index in [9.17, 15) is 0 Å². The second-order valence-corrected chi connectivity index (χ2v) is 4.04. The lowest BCUT2D eigenvalue weighted by atomic mass is 10.1. The van der Waals surface area contributed by atoms with Crippen LogP contribution in [0.1, 0.15) is 30.1 Å². The van der Waals surface area contributed by atoms with Crippen LogP contribution in [-0.4, -0.2) is 34.7 Å². The Hall–Kier alpha value is -0.870. The quantitative estimate of drug-likeness (QED) is 0.812. The van der Waals surface area contributed by atoms with Crippen LogP contribution in [0.4, 0.5) is 0 Å². The fourth-order valence-corrected chi connectivity index (χ4v) is 2.11. The molecule has 0 radical (unpaired) electrons. The van der Waals surface area contributed by atoms with Crippen LogP contribution in [0.3, 0.4) is 0 Å². The van der Waals surface area contributed by atoms with Gasteiger partial charge in [-0.15, -0.1) is 0 Å². The molecule has 15 heavy (non-hydrogen) atoms. The van der Waals surface area contributed by atoms with Gasteiger partial charge in [-0.1, -0.05) is 0 Å². The maximum Gasteiger partial charge on any atom is 0.0756 e. The minimum absolute atomic E-state index is 0.188. The SMILES string of the molecule is Cc1c(CCO)cnn1C1CCCOC1. The fourth-order valence-electron chi connectivity index (χ4n) is 2.11. The largest absolute Gasteiger partial charge is 0.396 e. The van der Waals surface area contributed by atoms with Crippen molar-refractivity contribution in [3.63, 3.8) is 0 Å². The maximum atomic E-state index is 8.90. The first-order chi connectivity index (χ1) is 7.33. The van der Waals surface area contributed by atoms with Crippen LogP contribution in [0, 0.1) is 6.92 Å². The van der Waals surface area contributed by atoms with Crippen molar-refractivity contribution in [1.82, 2.24) is 9.78 Å². The van der Waals surface area contributed by atoms with Gasteiger partial charge in [0.05, 0.1) is 18.8 Å². The number of aromatic nitrogens is 2. The number of hydrogen-bond donors (Lipinski definition) is 1. The predicted octanol–water partition coefficient (Wildman–Crippen LogP) is 1.08. The molecule has 1 unspecified atom stereocenters. The van der Waals surface area contributed by atoms with Crippen LogP contribution >= 0.6 is 0 Å². The topological polar surface area (TPSA) is 47.3 Å². The summed E-state index contributed by atoms with van der Waals surface area (Å²) in [5, 5.41) is 13.3. The van der Waals surface area contributed by atoms with Gasteiger partial charge in [0.1, 0.15) is 0 Å². The summed E-state index contributed by atoms with van der Waals surface area (Å²) in [6.45, 7) is 3.89. The van der Waals surface area contributed by atoms with E-state index in [1.165, 1.54) is 5.69 Å². The van der Waals surface area contributed by atoms with Gasteiger partial charge < -0.3 is 9.84 Å². The summed E-state index contributed by atoms with van der Waals surface area (Å²) in [7, 11) is 0. The van der Waals surface area contributed by atoms with E-state index in [2.05, 4.69) is 12.0 Å². The highest BCUT2D eigenvalue weighted by Gasteiger charge is 2.19. The van der Waals surface area contributed by atoms with Crippen LogP contribution in [0.15, 0.2) is 6.20 Å². The third-order valence-corrected chi connectivity index (χ3v) is 3.01. The van der Waals surface area contributed by atoms with E-state index >= 15 is 0 Å². The van der Waals surface area contributed by atoms with Gasteiger partial charge in [-0.25, -0.2) is 0 Å². The van der Waals surface area contributed by atoms with Gasteiger partial charge in [0.25, 0.3) is 0 Å². The van der Waals surface area contributed by atoms with Gasteiger partial charge in [-0.3, -0.25) is 4.68 Å². The van der Waals surface area contributed by atoms with Crippen molar-refractivity contribution >= 4 is 0 Å². The predicted molar refractivity (Wildman–Crippen MR) is 56.8 cm³/mol. The molecule has 1 aliphatic heterocycles. The molecule has 1 atom stereocenters. The molecule has 1 aromatic heterocycles. The van der Waals surface area contributed by atoms with Gasteiger partial charge in [0, 0.05) is 18.9 Å². The van der Waals surface area contributed by atoms with Crippen molar-refractivity contribution in [2.75, 3.05) is 19.8 Å². The van der Waals surface area contributed by atoms with Crippen molar-refractivity contribution in [2.45, 2.75) is 32.2 Å². The number of aliphatic hydroxyl groups is 1. The lowest BCUT2D eigenvalue weighted by molar-refractivity contribution is 0.0541. The van der Waals surface area contributed by atoms with Gasteiger partial charge in [0.2, 0.25) is 0 Å². The summed E-state index contributed by atoms with van der Waals surface area (Å²) in [5.41, 5.74) is 2.31. The first-order valence-electron chi connectivity index (χ1n) is 5.54. The third kappa shape index (κ3) is 2.21. The van der Waals surface area contributed by atoms with Crippen molar-refractivity contribution in [2.24, 2.45) is 0 Å². The minimum atomic E-state index is 0.188. The van der Waals surface area contributed by atoms with Crippen molar-refractivity contribution < 1.29 is 9.84 Å². The number of ether oxygens (including phenoxy) is 1. The minimum Gasteiger partial charge on any atom is -0.396 e. The molecule has 0 aliphatic carbocycles. The molecular weight excluding hydrogens is 192 g/mol. The first kappa shape index (κ1) is 10.6. The maximum absolute atomic E-state index is 8.90. The molecule has 0 amide bonds. The molecule has 0 saturated carbocycles. The molecular formula is C11H18N2O2. The Labute approximate surface area is 89.9 Å².